The first kappa shape index (κ1) is 14.8. The molecule has 3 nitrogen and oxygen atoms in total. The molecule has 6 heteroatoms. The molecule has 0 bridgehead atoms. The fourth-order valence-electron chi connectivity index (χ4n) is 2.56. The highest BCUT2D eigenvalue weighted by Crippen LogP contribution is 2.32. The lowest BCUT2D eigenvalue weighted by molar-refractivity contribution is -0.137. The van der Waals surface area contributed by atoms with Gasteiger partial charge in [-0.25, -0.2) is 4.98 Å². The van der Waals surface area contributed by atoms with Gasteiger partial charge in [0.15, 0.2) is 0 Å². The summed E-state index contributed by atoms with van der Waals surface area (Å²) in [5, 5.41) is 0. The third-order valence-corrected chi connectivity index (χ3v) is 3.72. The zero-order valence-corrected chi connectivity index (χ0v) is 11.7. The lowest BCUT2D eigenvalue weighted by Gasteiger charge is -2.21. The lowest BCUT2D eigenvalue weighted by Crippen LogP contribution is -2.18. The highest BCUT2D eigenvalue weighted by atomic mass is 19.4. The van der Waals surface area contributed by atoms with E-state index in [2.05, 4.69) is 4.98 Å². The molecular formula is C16H15F3N2O. The second kappa shape index (κ2) is 5.61. The first-order valence-electron chi connectivity index (χ1n) is 7.04. The molecule has 0 saturated heterocycles. The number of hydrogen-bond donors (Lipinski definition) is 1. The van der Waals surface area contributed by atoms with Crippen molar-refractivity contribution in [2.45, 2.75) is 31.5 Å². The molecule has 1 aromatic heterocycles. The molecule has 1 heterocycles. The average Bonchev–Trinajstić information content (AvgIpc) is 2.47. The zero-order chi connectivity index (χ0) is 15.7. The number of rotatable bonds is 2. The largest absolute Gasteiger partial charge is 0.439 e. The fraction of sp³-hybridized carbons (Fsp3) is 0.312. The normalized spacial score (nSPS) is 17.9. The van der Waals surface area contributed by atoms with Crippen LogP contribution in [0.2, 0.25) is 0 Å². The maximum absolute atomic E-state index is 12.5. The minimum Gasteiger partial charge on any atom is -0.439 e. The van der Waals surface area contributed by atoms with Gasteiger partial charge in [-0.05, 0) is 49.1 Å². The monoisotopic (exact) mass is 308 g/mol. The molecule has 3 rings (SSSR count). The highest BCUT2D eigenvalue weighted by molar-refractivity contribution is 5.35. The summed E-state index contributed by atoms with van der Waals surface area (Å²) in [6.07, 6.45) is -1.59. The van der Waals surface area contributed by atoms with Gasteiger partial charge in [0, 0.05) is 17.8 Å². The minimum atomic E-state index is -4.35. The van der Waals surface area contributed by atoms with Gasteiger partial charge >= 0.3 is 6.18 Å². The lowest BCUT2D eigenvalue weighted by atomic mass is 9.92. The van der Waals surface area contributed by atoms with Gasteiger partial charge < -0.3 is 10.5 Å². The SMILES string of the molecule is NC1CCCc2nc(Oc3ccc(C(F)(F)F)cc3)ccc21. The van der Waals surface area contributed by atoms with Crippen LogP contribution in [0.1, 0.15) is 35.7 Å². The molecule has 1 unspecified atom stereocenters. The van der Waals surface area contributed by atoms with Crippen LogP contribution in [0.5, 0.6) is 11.6 Å². The van der Waals surface area contributed by atoms with E-state index in [9.17, 15) is 13.2 Å². The number of ether oxygens (including phenoxy) is 1. The van der Waals surface area contributed by atoms with Gasteiger partial charge in [0.05, 0.1) is 5.56 Å². The van der Waals surface area contributed by atoms with E-state index in [1.54, 1.807) is 6.07 Å². The van der Waals surface area contributed by atoms with E-state index < -0.39 is 11.7 Å². The van der Waals surface area contributed by atoms with Gasteiger partial charge in [0.1, 0.15) is 5.75 Å². The molecule has 22 heavy (non-hydrogen) atoms. The molecular weight excluding hydrogens is 293 g/mol. The van der Waals surface area contributed by atoms with Gasteiger partial charge in [-0.15, -0.1) is 0 Å². The van der Waals surface area contributed by atoms with Crippen molar-refractivity contribution >= 4 is 0 Å². The Morgan fingerprint density at radius 2 is 1.82 bits per heavy atom. The highest BCUT2D eigenvalue weighted by Gasteiger charge is 2.30. The summed E-state index contributed by atoms with van der Waals surface area (Å²) in [5.41, 5.74) is 7.24. The molecule has 0 spiro atoms. The van der Waals surface area contributed by atoms with Crippen LogP contribution in [-0.4, -0.2) is 4.98 Å². The van der Waals surface area contributed by atoms with Crippen LogP contribution in [0.4, 0.5) is 13.2 Å². The van der Waals surface area contributed by atoms with Gasteiger partial charge in [-0.1, -0.05) is 6.07 Å². The van der Waals surface area contributed by atoms with Crippen molar-refractivity contribution in [1.82, 2.24) is 4.98 Å². The Morgan fingerprint density at radius 3 is 2.50 bits per heavy atom. The predicted octanol–water partition coefficient (Wildman–Crippen LogP) is 4.23. The van der Waals surface area contributed by atoms with E-state index in [0.29, 0.717) is 11.6 Å². The molecule has 2 N–H and O–H groups in total. The number of benzene rings is 1. The molecule has 1 aliphatic carbocycles. The predicted molar refractivity (Wildman–Crippen MR) is 75.6 cm³/mol. The molecule has 116 valence electrons. The summed E-state index contributed by atoms with van der Waals surface area (Å²) in [6, 6.07) is 8.13. The third kappa shape index (κ3) is 3.06. The summed E-state index contributed by atoms with van der Waals surface area (Å²) in [4.78, 5) is 4.41. The Hall–Kier alpha value is -2.08. The number of aromatic nitrogens is 1. The van der Waals surface area contributed by atoms with Crippen molar-refractivity contribution in [2.24, 2.45) is 5.73 Å². The number of aryl methyl sites for hydroxylation is 1. The van der Waals surface area contributed by atoms with Crippen molar-refractivity contribution in [3.05, 3.63) is 53.2 Å². The number of nitrogens with two attached hydrogens (primary N) is 1. The number of fused-ring (bicyclic) bond motifs is 1. The minimum absolute atomic E-state index is 0.00336. The summed E-state index contributed by atoms with van der Waals surface area (Å²) >= 11 is 0. The molecule has 1 aliphatic rings. The molecule has 1 atom stereocenters. The maximum atomic E-state index is 12.5. The molecule has 0 aliphatic heterocycles. The number of nitrogens with zero attached hydrogens (tertiary/aromatic N) is 1. The molecule has 0 saturated carbocycles. The Kier molecular flexibility index (Phi) is 3.78. The van der Waals surface area contributed by atoms with Gasteiger partial charge in [-0.2, -0.15) is 13.2 Å². The Balaban J connectivity index is 1.79. The van der Waals surface area contributed by atoms with Crippen molar-refractivity contribution in [2.75, 3.05) is 0 Å². The molecule has 0 fully saturated rings. The summed E-state index contributed by atoms with van der Waals surface area (Å²) in [5.74, 6) is 0.688. The first-order chi connectivity index (χ1) is 10.4. The van der Waals surface area contributed by atoms with Crippen LogP contribution >= 0.6 is 0 Å². The standard InChI is InChI=1S/C16H15F3N2O/c17-16(18,19)10-4-6-11(7-5-10)22-15-9-8-12-13(20)2-1-3-14(12)21-15/h4-9,13H,1-3,20H2. The summed E-state index contributed by atoms with van der Waals surface area (Å²) < 4.78 is 43.0. The Labute approximate surface area is 125 Å². The van der Waals surface area contributed by atoms with E-state index in [1.807, 2.05) is 6.07 Å². The van der Waals surface area contributed by atoms with Crippen LogP contribution in [0.25, 0.3) is 0 Å². The van der Waals surface area contributed by atoms with Gasteiger partial charge in [0.2, 0.25) is 5.88 Å². The number of hydrogen-bond acceptors (Lipinski definition) is 3. The maximum Gasteiger partial charge on any atom is 0.416 e. The molecule has 1 aromatic carbocycles. The topological polar surface area (TPSA) is 48.1 Å². The molecule has 0 radical (unpaired) electrons. The second-order valence-electron chi connectivity index (χ2n) is 5.31. The van der Waals surface area contributed by atoms with E-state index in [1.165, 1.54) is 12.1 Å². The van der Waals surface area contributed by atoms with Crippen molar-refractivity contribution in [1.29, 1.82) is 0 Å². The Bertz CT molecular complexity index is 668. The van der Waals surface area contributed by atoms with Crippen molar-refractivity contribution in [3.63, 3.8) is 0 Å². The number of pyridine rings is 1. The number of alkyl halides is 3. The first-order valence-corrected chi connectivity index (χ1v) is 7.04. The third-order valence-electron chi connectivity index (χ3n) is 3.72. The fourth-order valence-corrected chi connectivity index (χ4v) is 2.56. The summed E-state index contributed by atoms with van der Waals surface area (Å²) in [6.45, 7) is 0. The van der Waals surface area contributed by atoms with E-state index in [0.717, 1.165) is 42.7 Å². The van der Waals surface area contributed by atoms with Crippen LogP contribution in [0.3, 0.4) is 0 Å². The van der Waals surface area contributed by atoms with Gasteiger partial charge in [0.25, 0.3) is 0 Å². The van der Waals surface area contributed by atoms with Gasteiger partial charge in [-0.3, -0.25) is 0 Å². The van der Waals surface area contributed by atoms with Crippen molar-refractivity contribution in [3.8, 4) is 11.6 Å². The summed E-state index contributed by atoms with van der Waals surface area (Å²) in [7, 11) is 0. The van der Waals surface area contributed by atoms with Crippen molar-refractivity contribution < 1.29 is 17.9 Å². The Morgan fingerprint density at radius 1 is 1.09 bits per heavy atom. The number of halogens is 3. The van der Waals surface area contributed by atoms with Crippen LogP contribution in [0, 0.1) is 0 Å². The molecule has 2 aromatic rings. The quantitative estimate of drug-likeness (QED) is 0.903. The average molecular weight is 308 g/mol. The van der Waals surface area contributed by atoms with Crippen LogP contribution < -0.4 is 10.5 Å². The molecule has 0 amide bonds. The van der Waals surface area contributed by atoms with Crippen LogP contribution in [-0.2, 0) is 12.6 Å². The van der Waals surface area contributed by atoms with Crippen LogP contribution in [0.15, 0.2) is 36.4 Å². The smallest absolute Gasteiger partial charge is 0.416 e. The van der Waals surface area contributed by atoms with E-state index >= 15 is 0 Å². The zero-order valence-electron chi connectivity index (χ0n) is 11.7. The van der Waals surface area contributed by atoms with E-state index in [4.69, 9.17) is 10.5 Å². The second-order valence-corrected chi connectivity index (χ2v) is 5.31. The van der Waals surface area contributed by atoms with E-state index in [-0.39, 0.29) is 6.04 Å².